The number of piperidine rings is 1. The van der Waals surface area contributed by atoms with E-state index >= 15 is 0 Å². The molecule has 23 heavy (non-hydrogen) atoms. The number of amides is 1. The minimum atomic E-state index is -3.34. The molecule has 0 saturated carbocycles. The number of hydrogen-bond acceptors (Lipinski definition) is 3. The van der Waals surface area contributed by atoms with Crippen molar-refractivity contribution in [1.29, 1.82) is 0 Å². The van der Waals surface area contributed by atoms with Gasteiger partial charge in [0, 0.05) is 19.0 Å². The van der Waals surface area contributed by atoms with Crippen LogP contribution in [0.3, 0.4) is 0 Å². The fourth-order valence-electron chi connectivity index (χ4n) is 3.13. The lowest BCUT2D eigenvalue weighted by Crippen LogP contribution is -2.52. The summed E-state index contributed by atoms with van der Waals surface area (Å²) < 4.78 is 25.1. The molecule has 0 bridgehead atoms. The standard InChI is InChI=1S/C17H26N2O3S/c1-3-14(15-9-5-4-6-10-15)13-18-17(20)16-11-7-8-12-19(16)23(2,21)22/h4-6,9-10,14,16H,3,7-8,11-13H2,1-2H3,(H,18,20)/t14-,16-/m1/s1. The van der Waals surface area contributed by atoms with Gasteiger partial charge in [-0.3, -0.25) is 4.79 Å². The van der Waals surface area contributed by atoms with Gasteiger partial charge in [-0.15, -0.1) is 0 Å². The molecular weight excluding hydrogens is 312 g/mol. The van der Waals surface area contributed by atoms with Crippen molar-refractivity contribution in [3.8, 4) is 0 Å². The van der Waals surface area contributed by atoms with Gasteiger partial charge in [0.15, 0.2) is 0 Å². The zero-order valence-corrected chi connectivity index (χ0v) is 14.7. The Kier molecular flexibility index (Phi) is 6.18. The molecule has 2 rings (SSSR count). The van der Waals surface area contributed by atoms with E-state index in [0.717, 1.165) is 19.3 Å². The normalized spacial score (nSPS) is 20.9. The van der Waals surface area contributed by atoms with Crippen molar-refractivity contribution in [2.24, 2.45) is 0 Å². The molecule has 0 aliphatic carbocycles. The number of hydrogen-bond donors (Lipinski definition) is 1. The number of carbonyl (C=O) groups excluding carboxylic acids is 1. The van der Waals surface area contributed by atoms with Crippen LogP contribution in [-0.2, 0) is 14.8 Å². The molecule has 1 aliphatic rings. The van der Waals surface area contributed by atoms with Crippen molar-refractivity contribution < 1.29 is 13.2 Å². The topological polar surface area (TPSA) is 66.5 Å². The summed E-state index contributed by atoms with van der Waals surface area (Å²) in [5.74, 6) is 0.0694. The molecule has 0 aromatic heterocycles. The second-order valence-corrected chi connectivity index (χ2v) is 8.08. The molecule has 128 valence electrons. The molecular formula is C17H26N2O3S. The molecule has 1 fully saturated rings. The van der Waals surface area contributed by atoms with Crippen LogP contribution in [0.25, 0.3) is 0 Å². The maximum absolute atomic E-state index is 12.5. The highest BCUT2D eigenvalue weighted by Crippen LogP contribution is 2.21. The van der Waals surface area contributed by atoms with E-state index in [2.05, 4.69) is 24.4 Å². The molecule has 5 nitrogen and oxygen atoms in total. The zero-order chi connectivity index (χ0) is 16.9. The van der Waals surface area contributed by atoms with Crippen molar-refractivity contribution >= 4 is 15.9 Å². The zero-order valence-electron chi connectivity index (χ0n) is 13.9. The molecule has 1 N–H and O–H groups in total. The van der Waals surface area contributed by atoms with Gasteiger partial charge in [0.05, 0.1) is 6.26 Å². The van der Waals surface area contributed by atoms with Gasteiger partial charge in [0.1, 0.15) is 6.04 Å². The number of benzene rings is 1. The third kappa shape index (κ3) is 4.78. The lowest BCUT2D eigenvalue weighted by molar-refractivity contribution is -0.125. The summed E-state index contributed by atoms with van der Waals surface area (Å²) in [5.41, 5.74) is 1.19. The van der Waals surface area contributed by atoms with Gasteiger partial charge in [0.25, 0.3) is 0 Å². The quantitative estimate of drug-likeness (QED) is 0.864. The lowest BCUT2D eigenvalue weighted by atomic mass is 9.96. The van der Waals surface area contributed by atoms with E-state index in [1.165, 1.54) is 16.1 Å². The summed E-state index contributed by atoms with van der Waals surface area (Å²) in [4.78, 5) is 12.5. The summed E-state index contributed by atoms with van der Waals surface area (Å²) >= 11 is 0. The largest absolute Gasteiger partial charge is 0.354 e. The molecule has 1 aliphatic heterocycles. The monoisotopic (exact) mass is 338 g/mol. The Balaban J connectivity index is 2.00. The average Bonchev–Trinajstić information content (AvgIpc) is 2.55. The molecule has 1 aromatic rings. The number of carbonyl (C=O) groups is 1. The van der Waals surface area contributed by atoms with Crippen molar-refractivity contribution in [2.75, 3.05) is 19.3 Å². The highest BCUT2D eigenvalue weighted by molar-refractivity contribution is 7.88. The van der Waals surface area contributed by atoms with Gasteiger partial charge in [-0.2, -0.15) is 4.31 Å². The Hall–Kier alpha value is -1.40. The second-order valence-electron chi connectivity index (χ2n) is 6.15. The van der Waals surface area contributed by atoms with Gasteiger partial charge in [-0.25, -0.2) is 8.42 Å². The molecule has 1 aromatic carbocycles. The third-order valence-electron chi connectivity index (χ3n) is 4.47. The number of nitrogens with zero attached hydrogens (tertiary/aromatic N) is 1. The Morgan fingerprint density at radius 1 is 1.30 bits per heavy atom. The molecule has 0 spiro atoms. The van der Waals surface area contributed by atoms with Crippen LogP contribution in [-0.4, -0.2) is 44.0 Å². The van der Waals surface area contributed by atoms with E-state index in [0.29, 0.717) is 19.5 Å². The Bertz CT molecular complexity index is 616. The van der Waals surface area contributed by atoms with E-state index < -0.39 is 16.1 Å². The van der Waals surface area contributed by atoms with E-state index in [1.54, 1.807) is 0 Å². The van der Waals surface area contributed by atoms with Crippen LogP contribution in [0.4, 0.5) is 0 Å². The second kappa shape index (κ2) is 7.93. The summed E-state index contributed by atoms with van der Waals surface area (Å²) in [6, 6.07) is 9.51. The fourth-order valence-corrected chi connectivity index (χ4v) is 4.25. The highest BCUT2D eigenvalue weighted by Gasteiger charge is 2.34. The van der Waals surface area contributed by atoms with Crippen LogP contribution in [0.15, 0.2) is 30.3 Å². The van der Waals surface area contributed by atoms with E-state index in [-0.39, 0.29) is 11.8 Å². The first kappa shape index (κ1) is 17.9. The van der Waals surface area contributed by atoms with Crippen molar-refractivity contribution in [3.05, 3.63) is 35.9 Å². The lowest BCUT2D eigenvalue weighted by Gasteiger charge is -2.32. The first-order valence-electron chi connectivity index (χ1n) is 8.23. The first-order valence-corrected chi connectivity index (χ1v) is 10.1. The molecule has 1 heterocycles. The highest BCUT2D eigenvalue weighted by atomic mass is 32.2. The number of nitrogens with one attached hydrogen (secondary N) is 1. The summed E-state index contributed by atoms with van der Waals surface area (Å²) in [5, 5.41) is 2.96. The molecule has 1 amide bonds. The van der Waals surface area contributed by atoms with Crippen LogP contribution in [0, 0.1) is 0 Å². The van der Waals surface area contributed by atoms with Crippen molar-refractivity contribution in [1.82, 2.24) is 9.62 Å². The van der Waals surface area contributed by atoms with Crippen LogP contribution in [0.5, 0.6) is 0 Å². The smallest absolute Gasteiger partial charge is 0.238 e. The van der Waals surface area contributed by atoms with E-state index in [1.807, 2.05) is 18.2 Å². The minimum absolute atomic E-state index is 0.176. The number of rotatable bonds is 6. The Morgan fingerprint density at radius 3 is 2.61 bits per heavy atom. The Labute approximate surface area is 139 Å². The molecule has 1 saturated heterocycles. The van der Waals surface area contributed by atoms with Crippen molar-refractivity contribution in [3.63, 3.8) is 0 Å². The van der Waals surface area contributed by atoms with Gasteiger partial charge in [0.2, 0.25) is 15.9 Å². The predicted octanol–water partition coefficient (Wildman–Crippen LogP) is 2.11. The first-order chi connectivity index (χ1) is 10.9. The summed E-state index contributed by atoms with van der Waals surface area (Å²) in [6.45, 7) is 3.06. The van der Waals surface area contributed by atoms with Gasteiger partial charge < -0.3 is 5.32 Å². The SMILES string of the molecule is CC[C@H](CNC(=O)[C@H]1CCCCN1S(C)(=O)=O)c1ccccc1. The van der Waals surface area contributed by atoms with E-state index in [9.17, 15) is 13.2 Å². The molecule has 0 radical (unpaired) electrons. The molecule has 6 heteroatoms. The van der Waals surface area contributed by atoms with Gasteiger partial charge in [-0.1, -0.05) is 43.7 Å². The fraction of sp³-hybridized carbons (Fsp3) is 0.588. The van der Waals surface area contributed by atoms with Gasteiger partial charge in [-0.05, 0) is 24.8 Å². The average molecular weight is 338 g/mol. The van der Waals surface area contributed by atoms with Crippen LogP contribution < -0.4 is 5.32 Å². The van der Waals surface area contributed by atoms with Crippen LogP contribution in [0.1, 0.15) is 44.1 Å². The molecule has 0 unspecified atom stereocenters. The van der Waals surface area contributed by atoms with Gasteiger partial charge >= 0.3 is 0 Å². The minimum Gasteiger partial charge on any atom is -0.354 e. The summed E-state index contributed by atoms with van der Waals surface area (Å²) in [7, 11) is -3.34. The maximum atomic E-state index is 12.5. The number of sulfonamides is 1. The van der Waals surface area contributed by atoms with Crippen LogP contribution in [0.2, 0.25) is 0 Å². The third-order valence-corrected chi connectivity index (χ3v) is 5.76. The molecule has 2 atom stereocenters. The Morgan fingerprint density at radius 2 is 2.00 bits per heavy atom. The van der Waals surface area contributed by atoms with Crippen molar-refractivity contribution in [2.45, 2.75) is 44.6 Å². The van der Waals surface area contributed by atoms with Crippen LogP contribution >= 0.6 is 0 Å². The summed E-state index contributed by atoms with van der Waals surface area (Å²) in [6.07, 6.45) is 4.40. The van der Waals surface area contributed by atoms with E-state index in [4.69, 9.17) is 0 Å². The predicted molar refractivity (Wildman–Crippen MR) is 91.7 cm³/mol. The maximum Gasteiger partial charge on any atom is 0.238 e.